The van der Waals surface area contributed by atoms with Crippen molar-refractivity contribution in [1.82, 2.24) is 24.7 Å². The van der Waals surface area contributed by atoms with E-state index in [1.807, 2.05) is 11.0 Å². The summed E-state index contributed by atoms with van der Waals surface area (Å²) < 4.78 is 55.9. The Hall–Kier alpha value is -5.14. The highest BCUT2D eigenvalue weighted by Gasteiger charge is 2.33. The van der Waals surface area contributed by atoms with Crippen molar-refractivity contribution in [1.29, 1.82) is 0 Å². The molecule has 208 valence electrons. The van der Waals surface area contributed by atoms with Gasteiger partial charge in [0.05, 0.1) is 17.8 Å². The minimum absolute atomic E-state index is 0.210. The third-order valence-electron chi connectivity index (χ3n) is 6.56. The molecule has 41 heavy (non-hydrogen) atoms. The van der Waals surface area contributed by atoms with Crippen LogP contribution in [0.4, 0.5) is 40.8 Å². The lowest BCUT2D eigenvalue weighted by atomic mass is 9.94. The van der Waals surface area contributed by atoms with Gasteiger partial charge in [0.1, 0.15) is 23.2 Å². The molecule has 0 bridgehead atoms. The summed E-state index contributed by atoms with van der Waals surface area (Å²) in [4.78, 5) is 32.1. The van der Waals surface area contributed by atoms with Gasteiger partial charge in [-0.3, -0.25) is 19.5 Å². The summed E-state index contributed by atoms with van der Waals surface area (Å²) in [5, 5.41) is 9.71. The molecule has 2 aliphatic rings. The number of anilines is 4. The van der Waals surface area contributed by atoms with Gasteiger partial charge in [0.25, 0.3) is 5.91 Å². The molecule has 3 aromatic heterocycles. The third-order valence-corrected chi connectivity index (χ3v) is 6.56. The van der Waals surface area contributed by atoms with Gasteiger partial charge < -0.3 is 15.5 Å². The van der Waals surface area contributed by atoms with Crippen molar-refractivity contribution in [2.45, 2.75) is 13.1 Å². The number of aliphatic imine (C=N–C) groups is 1. The number of amidine groups is 1. The molecule has 0 unspecified atom stereocenters. The number of fused-ring (bicyclic) bond motifs is 3. The SMILES string of the molecule is Cc1cc(F)c(NC(=O)c2cc(C(F)(F)F)ccn2)cc1C1=Cc2cnc(Nc3ccn(C)n3)nc2N2CCN=C12. The molecule has 0 saturated carbocycles. The van der Waals surface area contributed by atoms with E-state index in [2.05, 4.69) is 35.7 Å². The smallest absolute Gasteiger partial charge is 0.318 e. The number of rotatable bonds is 5. The first-order valence-electron chi connectivity index (χ1n) is 12.4. The molecular weight excluding hydrogens is 542 g/mol. The average Bonchev–Trinajstić information content (AvgIpc) is 3.59. The molecule has 1 aromatic carbocycles. The van der Waals surface area contributed by atoms with Gasteiger partial charge in [-0.25, -0.2) is 9.37 Å². The Morgan fingerprint density at radius 2 is 1.95 bits per heavy atom. The number of carbonyl (C=O) groups excluding carboxylic acids is 1. The highest BCUT2D eigenvalue weighted by molar-refractivity contribution is 6.36. The first kappa shape index (κ1) is 26.1. The fraction of sp³-hybridized carbons (Fsp3) is 0.185. The lowest BCUT2D eigenvalue weighted by molar-refractivity contribution is -0.137. The summed E-state index contributed by atoms with van der Waals surface area (Å²) >= 11 is 0. The lowest BCUT2D eigenvalue weighted by Gasteiger charge is -2.28. The van der Waals surface area contributed by atoms with Gasteiger partial charge in [0.15, 0.2) is 5.82 Å². The summed E-state index contributed by atoms with van der Waals surface area (Å²) in [5.41, 5.74) is 0.767. The van der Waals surface area contributed by atoms with Crippen molar-refractivity contribution in [2.75, 3.05) is 28.6 Å². The Morgan fingerprint density at radius 3 is 2.71 bits per heavy atom. The second kappa shape index (κ2) is 9.80. The van der Waals surface area contributed by atoms with Crippen LogP contribution in [0, 0.1) is 12.7 Å². The fourth-order valence-corrected chi connectivity index (χ4v) is 4.63. The van der Waals surface area contributed by atoms with Crippen molar-refractivity contribution >= 4 is 46.7 Å². The second-order valence-electron chi connectivity index (χ2n) is 9.42. The van der Waals surface area contributed by atoms with Gasteiger partial charge in [0, 0.05) is 49.4 Å². The summed E-state index contributed by atoms with van der Waals surface area (Å²) in [6.07, 6.45) is 1.51. The van der Waals surface area contributed by atoms with Crippen molar-refractivity contribution in [3.8, 4) is 0 Å². The van der Waals surface area contributed by atoms with Gasteiger partial charge in [-0.05, 0) is 48.4 Å². The number of halogens is 4. The van der Waals surface area contributed by atoms with Crippen LogP contribution in [0.3, 0.4) is 0 Å². The van der Waals surface area contributed by atoms with Crippen LogP contribution >= 0.6 is 0 Å². The van der Waals surface area contributed by atoms with E-state index in [4.69, 9.17) is 0 Å². The zero-order valence-electron chi connectivity index (χ0n) is 21.7. The quantitative estimate of drug-likeness (QED) is 0.334. The van der Waals surface area contributed by atoms with Crippen molar-refractivity contribution in [2.24, 2.45) is 12.0 Å². The Balaban J connectivity index is 1.34. The molecule has 1 amide bonds. The number of nitrogens with one attached hydrogen (secondary N) is 2. The fourth-order valence-electron chi connectivity index (χ4n) is 4.63. The number of alkyl halides is 3. The molecule has 2 aliphatic heterocycles. The van der Waals surface area contributed by atoms with E-state index in [9.17, 15) is 22.4 Å². The first-order valence-corrected chi connectivity index (χ1v) is 12.4. The van der Waals surface area contributed by atoms with E-state index in [-0.39, 0.29) is 5.69 Å². The number of hydrogen-bond acceptors (Lipinski definition) is 8. The van der Waals surface area contributed by atoms with E-state index >= 15 is 0 Å². The maximum atomic E-state index is 15.0. The number of pyridine rings is 1. The summed E-state index contributed by atoms with van der Waals surface area (Å²) in [5.74, 6) is 0.480. The molecule has 0 fully saturated rings. The Bertz CT molecular complexity index is 1760. The van der Waals surface area contributed by atoms with Gasteiger partial charge in [-0.1, -0.05) is 0 Å². The van der Waals surface area contributed by atoms with E-state index in [0.29, 0.717) is 64.8 Å². The van der Waals surface area contributed by atoms with Crippen LogP contribution in [0.25, 0.3) is 11.6 Å². The van der Waals surface area contributed by atoms with E-state index in [1.54, 1.807) is 37.1 Å². The lowest BCUT2D eigenvalue weighted by Crippen LogP contribution is -2.32. The summed E-state index contributed by atoms with van der Waals surface area (Å²) in [7, 11) is 1.80. The number of aromatic nitrogens is 5. The molecule has 0 saturated heterocycles. The largest absolute Gasteiger partial charge is 0.416 e. The summed E-state index contributed by atoms with van der Waals surface area (Å²) in [6, 6.07) is 5.84. The molecule has 0 radical (unpaired) electrons. The molecule has 0 atom stereocenters. The van der Waals surface area contributed by atoms with E-state index in [1.165, 1.54) is 12.1 Å². The molecule has 4 aromatic rings. The highest BCUT2D eigenvalue weighted by Crippen LogP contribution is 2.38. The van der Waals surface area contributed by atoms with Crippen molar-refractivity contribution in [3.63, 3.8) is 0 Å². The van der Waals surface area contributed by atoms with Gasteiger partial charge in [-0.2, -0.15) is 23.3 Å². The second-order valence-corrected chi connectivity index (χ2v) is 9.42. The molecule has 14 heteroatoms. The number of nitrogens with zero attached hydrogens (tertiary/aromatic N) is 7. The Kier molecular flexibility index (Phi) is 6.24. The first-order chi connectivity index (χ1) is 19.6. The van der Waals surface area contributed by atoms with Crippen LogP contribution in [0.15, 0.2) is 53.9 Å². The monoisotopic (exact) mass is 563 g/mol. The zero-order valence-corrected chi connectivity index (χ0v) is 21.7. The predicted octanol–water partition coefficient (Wildman–Crippen LogP) is 4.84. The Morgan fingerprint density at radius 1 is 1.12 bits per heavy atom. The number of benzene rings is 1. The molecular formula is C27H21F4N9O. The Labute approximate surface area is 230 Å². The standard InChI is InChI=1S/C27H21F4N9O/c1-14-9-19(28)20(35-25(41)21-11-16(3-5-32-21)27(29,30)31)12-17(14)18-10-15-13-34-26(36-22-4-7-39(2)38-22)37-23(15)40-8-6-33-24(18)40/h3-5,7,9-13H,6,8H2,1-2H3,(H,35,41)(H,34,36,37,38). The van der Waals surface area contributed by atoms with E-state index < -0.39 is 29.2 Å². The number of carbonyl (C=O) groups is 1. The molecule has 6 rings (SSSR count). The minimum Gasteiger partial charge on any atom is -0.318 e. The molecule has 0 aliphatic carbocycles. The predicted molar refractivity (Wildman–Crippen MR) is 144 cm³/mol. The molecule has 2 N–H and O–H groups in total. The topological polar surface area (TPSA) is 113 Å². The van der Waals surface area contributed by atoms with Gasteiger partial charge in [0.2, 0.25) is 5.95 Å². The average molecular weight is 564 g/mol. The molecule has 10 nitrogen and oxygen atoms in total. The van der Waals surface area contributed by atoms with Crippen LogP contribution in [-0.4, -0.2) is 49.6 Å². The van der Waals surface area contributed by atoms with Crippen molar-refractivity contribution < 1.29 is 22.4 Å². The zero-order chi connectivity index (χ0) is 28.9. The van der Waals surface area contributed by atoms with Crippen LogP contribution in [0.2, 0.25) is 0 Å². The number of hydrogen-bond donors (Lipinski definition) is 2. The number of amides is 1. The van der Waals surface area contributed by atoms with Crippen LogP contribution < -0.4 is 15.5 Å². The number of aryl methyl sites for hydroxylation is 2. The normalized spacial score (nSPS) is 14.2. The van der Waals surface area contributed by atoms with Crippen LogP contribution in [0.1, 0.15) is 32.7 Å². The molecule has 0 spiro atoms. The van der Waals surface area contributed by atoms with Gasteiger partial charge in [-0.15, -0.1) is 0 Å². The van der Waals surface area contributed by atoms with Crippen LogP contribution in [0.5, 0.6) is 0 Å². The summed E-state index contributed by atoms with van der Waals surface area (Å²) in [6.45, 7) is 2.78. The third kappa shape index (κ3) is 4.99. The molecule has 5 heterocycles. The highest BCUT2D eigenvalue weighted by atomic mass is 19.4. The maximum Gasteiger partial charge on any atom is 0.416 e. The maximum absolute atomic E-state index is 15.0. The van der Waals surface area contributed by atoms with E-state index in [0.717, 1.165) is 12.3 Å². The van der Waals surface area contributed by atoms with Crippen LogP contribution in [-0.2, 0) is 13.2 Å². The minimum atomic E-state index is -4.66. The van der Waals surface area contributed by atoms with Crippen molar-refractivity contribution in [3.05, 3.63) is 82.7 Å². The van der Waals surface area contributed by atoms with Gasteiger partial charge >= 0.3 is 6.18 Å².